The number of nitrogens with one attached hydrogen (secondary N) is 1. The van der Waals surface area contributed by atoms with Crippen LogP contribution in [0.2, 0.25) is 5.02 Å². The molecule has 2 N–H and O–H groups in total. The van der Waals surface area contributed by atoms with Crippen molar-refractivity contribution in [3.05, 3.63) is 28.9 Å². The minimum atomic E-state index is 0.267. The molecule has 3 heteroatoms. The zero-order valence-corrected chi connectivity index (χ0v) is 7.31. The molecule has 0 aromatic heterocycles. The van der Waals surface area contributed by atoms with Crippen molar-refractivity contribution < 1.29 is 5.11 Å². The molecule has 0 amide bonds. The van der Waals surface area contributed by atoms with Gasteiger partial charge in [-0.1, -0.05) is 11.6 Å². The lowest BCUT2D eigenvalue weighted by molar-refractivity contribution is 0.479. The third-order valence-electron chi connectivity index (χ3n) is 1.93. The first-order valence-electron chi connectivity index (χ1n) is 3.65. The lowest BCUT2D eigenvalue weighted by Gasteiger charge is -2.04. The summed E-state index contributed by atoms with van der Waals surface area (Å²) in [5.74, 6) is 0.267. The summed E-state index contributed by atoms with van der Waals surface area (Å²) in [7, 11) is 0. The number of fused-ring (bicyclic) bond motifs is 1. The smallest absolute Gasteiger partial charge is 0.125 e. The fraction of sp³-hybridized carbons (Fsp3) is 0.111. The van der Waals surface area contributed by atoms with E-state index in [-0.39, 0.29) is 5.75 Å². The number of H-pyrrole nitrogens is 1. The van der Waals surface area contributed by atoms with Gasteiger partial charge in [-0.2, -0.15) is 0 Å². The number of hydrogen-bond donors (Lipinski definition) is 2. The highest BCUT2D eigenvalue weighted by Gasteiger charge is 2.10. The van der Waals surface area contributed by atoms with E-state index in [0.29, 0.717) is 5.02 Å². The van der Waals surface area contributed by atoms with E-state index < -0.39 is 0 Å². The van der Waals surface area contributed by atoms with E-state index in [1.54, 1.807) is 12.1 Å². The first-order valence-corrected chi connectivity index (χ1v) is 4.03. The molecule has 0 fully saturated rings. The molecule has 62 valence electrons. The number of aromatic nitrogens is 1. The fourth-order valence-electron chi connectivity index (χ4n) is 1.24. The van der Waals surface area contributed by atoms with Crippen molar-refractivity contribution in [1.82, 2.24) is 4.98 Å². The van der Waals surface area contributed by atoms with Crippen LogP contribution in [0.3, 0.4) is 0 Å². The van der Waals surface area contributed by atoms with Crippen molar-refractivity contribution in [2.45, 2.75) is 6.92 Å². The van der Waals surface area contributed by atoms with Crippen molar-refractivity contribution in [3.8, 4) is 17.0 Å². The minimum absolute atomic E-state index is 0.267. The number of pyridine rings is 1. The molecule has 0 saturated carbocycles. The Morgan fingerprint density at radius 3 is 2.92 bits per heavy atom. The van der Waals surface area contributed by atoms with E-state index in [1.807, 2.05) is 13.0 Å². The van der Waals surface area contributed by atoms with Crippen LogP contribution in [-0.2, 0) is 0 Å². The number of aromatic amines is 1. The number of aromatic hydroxyl groups is 1. The maximum Gasteiger partial charge on any atom is 0.125 e. The zero-order valence-electron chi connectivity index (χ0n) is 6.56. The van der Waals surface area contributed by atoms with Crippen molar-refractivity contribution >= 4 is 11.6 Å². The fourth-order valence-corrected chi connectivity index (χ4v) is 1.39. The average Bonchev–Trinajstić information content (AvgIpc) is 2.35. The SMILES string of the molecule is Cc1[nH]c2ccc(O)c-2cc1Cl. The molecule has 0 atom stereocenters. The number of rotatable bonds is 0. The van der Waals surface area contributed by atoms with Gasteiger partial charge in [0.1, 0.15) is 5.75 Å². The average molecular weight is 182 g/mol. The van der Waals surface area contributed by atoms with Crippen LogP contribution in [0.25, 0.3) is 11.3 Å². The summed E-state index contributed by atoms with van der Waals surface area (Å²) in [6.45, 7) is 1.89. The van der Waals surface area contributed by atoms with Crippen LogP contribution in [0.4, 0.5) is 0 Å². The van der Waals surface area contributed by atoms with Crippen LogP contribution in [0.5, 0.6) is 5.75 Å². The van der Waals surface area contributed by atoms with Gasteiger partial charge >= 0.3 is 0 Å². The molecule has 0 bridgehead atoms. The third-order valence-corrected chi connectivity index (χ3v) is 2.32. The summed E-state index contributed by atoms with van der Waals surface area (Å²) in [5, 5.41) is 9.99. The molecule has 0 aromatic carbocycles. The maximum atomic E-state index is 9.35. The molecule has 1 heterocycles. The molecule has 0 radical (unpaired) electrons. The van der Waals surface area contributed by atoms with E-state index in [4.69, 9.17) is 11.6 Å². The first kappa shape index (κ1) is 7.50. The summed E-state index contributed by atoms with van der Waals surface area (Å²) in [6, 6.07) is 5.24. The molecular formula is C9H8ClNO. The van der Waals surface area contributed by atoms with Gasteiger partial charge in [0.05, 0.1) is 5.02 Å². The highest BCUT2D eigenvalue weighted by atomic mass is 35.5. The predicted molar refractivity (Wildman–Crippen MR) is 48.8 cm³/mol. The van der Waals surface area contributed by atoms with Crippen molar-refractivity contribution in [2.24, 2.45) is 0 Å². The van der Waals surface area contributed by atoms with Crippen LogP contribution in [0.15, 0.2) is 18.2 Å². The molecular weight excluding hydrogens is 174 g/mol. The van der Waals surface area contributed by atoms with Gasteiger partial charge < -0.3 is 10.1 Å². The molecule has 0 spiro atoms. The monoisotopic (exact) mass is 181 g/mol. The van der Waals surface area contributed by atoms with Gasteiger partial charge in [0, 0.05) is 17.0 Å². The Hall–Kier alpha value is -1.15. The molecule has 2 rings (SSSR count). The maximum absolute atomic E-state index is 9.35. The summed E-state index contributed by atoms with van der Waals surface area (Å²) in [4.78, 5) is 3.09. The minimum Gasteiger partial charge on any atom is -0.507 e. The number of aryl methyl sites for hydroxylation is 1. The zero-order chi connectivity index (χ0) is 8.72. The molecule has 1 aliphatic heterocycles. The van der Waals surface area contributed by atoms with Crippen LogP contribution in [-0.4, -0.2) is 10.1 Å². The summed E-state index contributed by atoms with van der Waals surface area (Å²) < 4.78 is 0. The van der Waals surface area contributed by atoms with Gasteiger partial charge in [0.2, 0.25) is 0 Å². The Bertz CT molecular complexity index is 394. The molecule has 2 aliphatic rings. The molecule has 12 heavy (non-hydrogen) atoms. The number of halogens is 1. The van der Waals surface area contributed by atoms with Crippen molar-refractivity contribution in [1.29, 1.82) is 0 Å². The Labute approximate surface area is 75.1 Å². The van der Waals surface area contributed by atoms with E-state index in [1.165, 1.54) is 0 Å². The molecule has 0 saturated heterocycles. The van der Waals surface area contributed by atoms with E-state index >= 15 is 0 Å². The normalized spacial score (nSPS) is 10.8. The van der Waals surface area contributed by atoms with E-state index in [0.717, 1.165) is 17.0 Å². The lowest BCUT2D eigenvalue weighted by atomic mass is 10.2. The standard InChI is InChI=1S/C9H8ClNO/c1-5-7(10)4-6-8(11-5)2-3-9(6)12/h2-4,11-12H,1H3. The molecule has 1 aliphatic carbocycles. The summed E-state index contributed by atoms with van der Waals surface area (Å²) in [5.41, 5.74) is 2.59. The van der Waals surface area contributed by atoms with E-state index in [2.05, 4.69) is 4.98 Å². The van der Waals surface area contributed by atoms with Gasteiger partial charge in [-0.15, -0.1) is 0 Å². The van der Waals surface area contributed by atoms with Gasteiger partial charge in [0.25, 0.3) is 0 Å². The second kappa shape index (κ2) is 2.42. The molecule has 0 aromatic rings. The number of hydrogen-bond acceptors (Lipinski definition) is 1. The molecule has 0 unspecified atom stereocenters. The Kier molecular flexibility index (Phi) is 1.51. The highest BCUT2D eigenvalue weighted by Crippen LogP contribution is 2.34. The van der Waals surface area contributed by atoms with E-state index in [9.17, 15) is 5.11 Å². The van der Waals surface area contributed by atoms with Gasteiger partial charge in [-0.05, 0) is 25.1 Å². The van der Waals surface area contributed by atoms with Gasteiger partial charge in [0.15, 0.2) is 0 Å². The van der Waals surface area contributed by atoms with Crippen molar-refractivity contribution in [2.75, 3.05) is 0 Å². The van der Waals surface area contributed by atoms with Crippen LogP contribution >= 0.6 is 11.6 Å². The first-order chi connectivity index (χ1) is 5.68. The highest BCUT2D eigenvalue weighted by molar-refractivity contribution is 6.31. The third kappa shape index (κ3) is 0.959. The lowest BCUT2D eigenvalue weighted by Crippen LogP contribution is -1.86. The second-order valence-electron chi connectivity index (χ2n) is 2.79. The summed E-state index contributed by atoms with van der Waals surface area (Å²) in [6.07, 6.45) is 0. The van der Waals surface area contributed by atoms with Crippen LogP contribution in [0.1, 0.15) is 5.69 Å². The second-order valence-corrected chi connectivity index (χ2v) is 3.20. The summed E-state index contributed by atoms with van der Waals surface area (Å²) >= 11 is 5.87. The largest absolute Gasteiger partial charge is 0.507 e. The van der Waals surface area contributed by atoms with Crippen LogP contribution in [0, 0.1) is 6.92 Å². The quantitative estimate of drug-likeness (QED) is 0.644. The van der Waals surface area contributed by atoms with Crippen molar-refractivity contribution in [3.63, 3.8) is 0 Å². The van der Waals surface area contributed by atoms with Crippen LogP contribution < -0.4 is 0 Å². The van der Waals surface area contributed by atoms with Gasteiger partial charge in [-0.3, -0.25) is 0 Å². The Morgan fingerprint density at radius 1 is 1.42 bits per heavy atom. The Balaban J connectivity index is 2.78. The topological polar surface area (TPSA) is 36.0 Å². The van der Waals surface area contributed by atoms with Gasteiger partial charge in [-0.25, -0.2) is 0 Å². The predicted octanol–water partition coefficient (Wildman–Crippen LogP) is 2.79. The Morgan fingerprint density at radius 2 is 2.17 bits per heavy atom. The molecule has 2 nitrogen and oxygen atoms in total.